The lowest BCUT2D eigenvalue weighted by Gasteiger charge is -2.13. The second-order valence-corrected chi connectivity index (χ2v) is 5.37. The molecular formula is C13H18N2OS. The molecule has 17 heavy (non-hydrogen) atoms. The van der Waals surface area contributed by atoms with Gasteiger partial charge in [-0.15, -0.1) is 11.3 Å². The van der Waals surface area contributed by atoms with Crippen LogP contribution < -0.4 is 11.3 Å². The van der Waals surface area contributed by atoms with Gasteiger partial charge in [-0.25, -0.2) is 5.43 Å². The van der Waals surface area contributed by atoms with E-state index >= 15 is 0 Å². The maximum absolute atomic E-state index is 5.61. The summed E-state index contributed by atoms with van der Waals surface area (Å²) in [6, 6.07) is 6.37. The molecule has 0 saturated carbocycles. The van der Waals surface area contributed by atoms with Crippen LogP contribution in [-0.2, 0) is 12.8 Å². The number of nitrogens with two attached hydrogens (primary N) is 1. The van der Waals surface area contributed by atoms with Gasteiger partial charge in [0.2, 0.25) is 0 Å². The lowest BCUT2D eigenvalue weighted by Crippen LogP contribution is -2.29. The molecule has 2 rings (SSSR count). The molecule has 0 fully saturated rings. The Labute approximate surface area is 106 Å². The summed E-state index contributed by atoms with van der Waals surface area (Å²) in [7, 11) is 0. The van der Waals surface area contributed by atoms with Crippen LogP contribution in [0.4, 0.5) is 0 Å². The first-order chi connectivity index (χ1) is 8.24. The van der Waals surface area contributed by atoms with Crippen LogP contribution in [0.5, 0.6) is 0 Å². The molecule has 2 heterocycles. The zero-order valence-corrected chi connectivity index (χ0v) is 11.0. The Bertz CT molecular complexity index is 475. The van der Waals surface area contributed by atoms with Crippen LogP contribution in [0.2, 0.25) is 0 Å². The zero-order valence-electron chi connectivity index (χ0n) is 10.2. The van der Waals surface area contributed by atoms with Crippen molar-refractivity contribution >= 4 is 11.3 Å². The molecule has 4 heteroatoms. The molecule has 0 aliphatic rings. The molecule has 1 atom stereocenters. The van der Waals surface area contributed by atoms with Gasteiger partial charge in [-0.3, -0.25) is 5.84 Å². The monoisotopic (exact) mass is 250 g/mol. The molecule has 0 aliphatic carbocycles. The number of nitrogens with one attached hydrogen (secondary N) is 1. The molecule has 3 nitrogen and oxygen atoms in total. The van der Waals surface area contributed by atoms with Crippen LogP contribution in [0.15, 0.2) is 28.9 Å². The number of furan rings is 1. The Morgan fingerprint density at radius 1 is 1.35 bits per heavy atom. The van der Waals surface area contributed by atoms with Crippen molar-refractivity contribution in [2.45, 2.75) is 32.7 Å². The Balaban J connectivity index is 2.12. The lowest BCUT2D eigenvalue weighted by molar-refractivity contribution is 0.414. The predicted octanol–water partition coefficient (Wildman–Crippen LogP) is 2.96. The van der Waals surface area contributed by atoms with Crippen molar-refractivity contribution in [2.75, 3.05) is 0 Å². The zero-order chi connectivity index (χ0) is 12.3. The average molecular weight is 250 g/mol. The van der Waals surface area contributed by atoms with Gasteiger partial charge in [0.25, 0.3) is 0 Å². The van der Waals surface area contributed by atoms with Crippen LogP contribution in [0.25, 0.3) is 0 Å². The molecular weight excluding hydrogens is 232 g/mol. The van der Waals surface area contributed by atoms with E-state index in [1.54, 1.807) is 6.26 Å². The van der Waals surface area contributed by atoms with Crippen LogP contribution in [0.1, 0.15) is 34.0 Å². The van der Waals surface area contributed by atoms with E-state index in [1.165, 1.54) is 9.75 Å². The number of rotatable bonds is 5. The Morgan fingerprint density at radius 3 is 2.65 bits per heavy atom. The highest BCUT2D eigenvalue weighted by Crippen LogP contribution is 2.25. The lowest BCUT2D eigenvalue weighted by atomic mass is 10.1. The third kappa shape index (κ3) is 2.77. The van der Waals surface area contributed by atoms with Crippen molar-refractivity contribution in [2.24, 2.45) is 5.84 Å². The topological polar surface area (TPSA) is 51.2 Å². The molecule has 0 aromatic carbocycles. The van der Waals surface area contributed by atoms with Gasteiger partial charge in [-0.2, -0.15) is 0 Å². The van der Waals surface area contributed by atoms with E-state index in [1.807, 2.05) is 24.3 Å². The van der Waals surface area contributed by atoms with E-state index in [2.05, 4.69) is 24.5 Å². The van der Waals surface area contributed by atoms with Gasteiger partial charge in [0.05, 0.1) is 12.3 Å². The predicted molar refractivity (Wildman–Crippen MR) is 70.9 cm³/mol. The second kappa shape index (κ2) is 5.49. The Kier molecular flexibility index (Phi) is 3.99. The van der Waals surface area contributed by atoms with Crippen molar-refractivity contribution in [1.82, 2.24) is 5.43 Å². The number of aryl methyl sites for hydroxylation is 2. The summed E-state index contributed by atoms with van der Waals surface area (Å²) >= 11 is 1.84. The maximum Gasteiger partial charge on any atom is 0.125 e. The van der Waals surface area contributed by atoms with E-state index in [9.17, 15) is 0 Å². The third-order valence-corrected chi connectivity index (χ3v) is 4.14. The molecule has 0 spiro atoms. The Hall–Kier alpha value is -1.10. The number of hydrazine groups is 1. The third-order valence-electron chi connectivity index (χ3n) is 2.89. The standard InChI is InChI=1S/C13H18N2OS/c1-3-10-4-5-11(17-10)8-12(15-14)13-9(2)6-7-16-13/h4-7,12,15H,3,8,14H2,1-2H3. The first kappa shape index (κ1) is 12.4. The summed E-state index contributed by atoms with van der Waals surface area (Å²) in [4.78, 5) is 2.74. The van der Waals surface area contributed by atoms with Crippen molar-refractivity contribution in [3.63, 3.8) is 0 Å². The van der Waals surface area contributed by atoms with Gasteiger partial charge < -0.3 is 4.42 Å². The first-order valence-electron chi connectivity index (χ1n) is 5.82. The summed E-state index contributed by atoms with van der Waals surface area (Å²) in [5, 5.41) is 0. The maximum atomic E-state index is 5.61. The first-order valence-corrected chi connectivity index (χ1v) is 6.64. The van der Waals surface area contributed by atoms with Gasteiger partial charge in [0, 0.05) is 16.2 Å². The molecule has 0 amide bonds. The summed E-state index contributed by atoms with van der Waals surface area (Å²) < 4.78 is 5.48. The van der Waals surface area contributed by atoms with Crippen molar-refractivity contribution in [1.29, 1.82) is 0 Å². The van der Waals surface area contributed by atoms with Crippen molar-refractivity contribution in [3.05, 3.63) is 45.5 Å². The van der Waals surface area contributed by atoms with Gasteiger partial charge in [0.15, 0.2) is 0 Å². The summed E-state index contributed by atoms with van der Waals surface area (Å²) in [6.45, 7) is 4.21. The summed E-state index contributed by atoms with van der Waals surface area (Å²) in [5.74, 6) is 6.54. The highest BCUT2D eigenvalue weighted by atomic mass is 32.1. The van der Waals surface area contributed by atoms with Crippen molar-refractivity contribution in [3.8, 4) is 0 Å². The van der Waals surface area contributed by atoms with E-state index in [0.29, 0.717) is 0 Å². The number of hydrogen-bond acceptors (Lipinski definition) is 4. The van der Waals surface area contributed by atoms with E-state index in [-0.39, 0.29) is 6.04 Å². The summed E-state index contributed by atoms with van der Waals surface area (Å²) in [6.07, 6.45) is 3.67. The van der Waals surface area contributed by atoms with Gasteiger partial charge in [0.1, 0.15) is 5.76 Å². The minimum absolute atomic E-state index is 0.0494. The Morgan fingerprint density at radius 2 is 2.12 bits per heavy atom. The van der Waals surface area contributed by atoms with Crippen LogP contribution in [0, 0.1) is 6.92 Å². The summed E-state index contributed by atoms with van der Waals surface area (Å²) in [5.41, 5.74) is 3.97. The molecule has 0 saturated heterocycles. The number of hydrogen-bond donors (Lipinski definition) is 2. The molecule has 2 aromatic rings. The fourth-order valence-electron chi connectivity index (χ4n) is 1.89. The largest absolute Gasteiger partial charge is 0.467 e. The minimum atomic E-state index is 0.0494. The van der Waals surface area contributed by atoms with E-state index < -0.39 is 0 Å². The fourth-order valence-corrected chi connectivity index (χ4v) is 2.90. The van der Waals surface area contributed by atoms with Gasteiger partial charge >= 0.3 is 0 Å². The molecule has 1 unspecified atom stereocenters. The quantitative estimate of drug-likeness (QED) is 0.633. The van der Waals surface area contributed by atoms with Gasteiger partial charge in [-0.05, 0) is 37.1 Å². The number of thiophene rings is 1. The van der Waals surface area contributed by atoms with Crippen molar-refractivity contribution < 1.29 is 4.42 Å². The minimum Gasteiger partial charge on any atom is -0.467 e. The molecule has 92 valence electrons. The highest BCUT2D eigenvalue weighted by molar-refractivity contribution is 7.11. The molecule has 0 bridgehead atoms. The molecule has 0 aliphatic heterocycles. The average Bonchev–Trinajstić information content (AvgIpc) is 2.95. The molecule has 0 radical (unpaired) electrons. The fraction of sp³-hybridized carbons (Fsp3) is 0.385. The van der Waals surface area contributed by atoms with E-state index in [0.717, 1.165) is 24.2 Å². The molecule has 3 N–H and O–H groups in total. The molecule has 2 aromatic heterocycles. The van der Waals surface area contributed by atoms with E-state index in [4.69, 9.17) is 10.3 Å². The SMILES string of the molecule is CCc1ccc(CC(NN)c2occc2C)s1. The van der Waals surface area contributed by atoms with Crippen LogP contribution in [-0.4, -0.2) is 0 Å². The van der Waals surface area contributed by atoms with Crippen LogP contribution >= 0.6 is 11.3 Å². The second-order valence-electron chi connectivity index (χ2n) is 4.11. The highest BCUT2D eigenvalue weighted by Gasteiger charge is 2.17. The normalized spacial score (nSPS) is 12.9. The van der Waals surface area contributed by atoms with Crippen LogP contribution in [0.3, 0.4) is 0 Å². The smallest absolute Gasteiger partial charge is 0.125 e. The van der Waals surface area contributed by atoms with Gasteiger partial charge in [-0.1, -0.05) is 6.92 Å².